The van der Waals surface area contributed by atoms with E-state index >= 15 is 0 Å². The van der Waals surface area contributed by atoms with Gasteiger partial charge in [0, 0.05) is 6.04 Å². The van der Waals surface area contributed by atoms with Gasteiger partial charge in [-0.3, -0.25) is 0 Å². The number of nitrogens with one attached hydrogen (secondary N) is 1. The zero-order chi connectivity index (χ0) is 13.1. The van der Waals surface area contributed by atoms with Crippen LogP contribution in [0, 0.1) is 5.92 Å². The lowest BCUT2D eigenvalue weighted by atomic mass is 10.0. The van der Waals surface area contributed by atoms with Crippen molar-refractivity contribution >= 4 is 16.0 Å². The number of nitrogens with two attached hydrogens (primary N) is 1. The molecule has 0 amide bonds. The molecule has 3 N–H and O–H groups in total. The molecule has 0 radical (unpaired) electrons. The van der Waals surface area contributed by atoms with Gasteiger partial charge >= 0.3 is 0 Å². The Morgan fingerprint density at radius 3 is 2.29 bits per heavy atom. The molecular formula is C10H18N4O2S. The molecule has 0 aliphatic rings. The van der Waals surface area contributed by atoms with Gasteiger partial charge in [0.25, 0.3) is 0 Å². The largest absolute Gasteiger partial charge is 0.368 e. The summed E-state index contributed by atoms with van der Waals surface area (Å²) < 4.78 is 26.6. The van der Waals surface area contributed by atoms with Gasteiger partial charge in [-0.15, -0.1) is 0 Å². The van der Waals surface area contributed by atoms with Crippen LogP contribution >= 0.6 is 0 Å². The van der Waals surface area contributed by atoms with Crippen molar-refractivity contribution in [3.8, 4) is 0 Å². The van der Waals surface area contributed by atoms with E-state index in [1.165, 1.54) is 12.4 Å². The molecule has 0 aromatic carbocycles. The molecule has 1 rings (SSSR count). The summed E-state index contributed by atoms with van der Waals surface area (Å²) in [5.74, 6) is 0.282. The molecule has 0 saturated heterocycles. The van der Waals surface area contributed by atoms with Crippen LogP contribution in [-0.4, -0.2) is 24.4 Å². The highest BCUT2D eigenvalue weighted by Gasteiger charge is 2.21. The highest BCUT2D eigenvalue weighted by atomic mass is 32.2. The summed E-state index contributed by atoms with van der Waals surface area (Å²) in [7, 11) is -3.56. The molecule has 0 bridgehead atoms. The second-order valence-corrected chi connectivity index (χ2v) is 5.87. The third-order valence-electron chi connectivity index (χ3n) is 2.51. The van der Waals surface area contributed by atoms with Gasteiger partial charge in [0.15, 0.2) is 0 Å². The van der Waals surface area contributed by atoms with Crippen molar-refractivity contribution in [3.63, 3.8) is 0 Å². The first-order valence-corrected chi connectivity index (χ1v) is 6.95. The number of rotatable bonds is 5. The number of anilines is 1. The smallest absolute Gasteiger partial charge is 0.243 e. The maximum Gasteiger partial charge on any atom is 0.243 e. The van der Waals surface area contributed by atoms with Crippen molar-refractivity contribution in [2.24, 2.45) is 5.92 Å². The predicted octanol–water partition coefficient (Wildman–Crippen LogP) is 0.772. The summed E-state index contributed by atoms with van der Waals surface area (Å²) in [6, 6.07) is -0.0995. The fourth-order valence-electron chi connectivity index (χ4n) is 1.42. The normalized spacial score (nSPS) is 13.9. The molecule has 0 spiro atoms. The van der Waals surface area contributed by atoms with E-state index in [1.807, 2.05) is 20.8 Å². The van der Waals surface area contributed by atoms with Crippen molar-refractivity contribution in [2.45, 2.75) is 38.1 Å². The second-order valence-electron chi connectivity index (χ2n) is 4.16. The Bertz CT molecular complexity index is 456. The highest BCUT2D eigenvalue weighted by molar-refractivity contribution is 7.89. The van der Waals surface area contributed by atoms with E-state index in [0.717, 1.165) is 6.42 Å². The van der Waals surface area contributed by atoms with E-state index in [0.29, 0.717) is 0 Å². The Kier molecular flexibility index (Phi) is 4.41. The summed E-state index contributed by atoms with van der Waals surface area (Å²) in [5, 5.41) is 0. The topological polar surface area (TPSA) is 98.0 Å². The van der Waals surface area contributed by atoms with Crippen molar-refractivity contribution in [1.82, 2.24) is 14.7 Å². The van der Waals surface area contributed by atoms with Crippen LogP contribution in [0.1, 0.15) is 27.2 Å². The van der Waals surface area contributed by atoms with Crippen molar-refractivity contribution in [1.29, 1.82) is 0 Å². The maximum absolute atomic E-state index is 12.0. The van der Waals surface area contributed by atoms with Crippen molar-refractivity contribution < 1.29 is 8.42 Å². The summed E-state index contributed by atoms with van der Waals surface area (Å²) in [4.78, 5) is 7.37. The summed E-state index contributed by atoms with van der Waals surface area (Å²) in [6.45, 7) is 5.87. The molecule has 0 fully saturated rings. The summed E-state index contributed by atoms with van der Waals surface area (Å²) >= 11 is 0. The number of nitrogens with zero attached hydrogens (tertiary/aromatic N) is 2. The minimum atomic E-state index is -3.56. The monoisotopic (exact) mass is 258 g/mol. The lowest BCUT2D eigenvalue weighted by Gasteiger charge is -2.20. The summed E-state index contributed by atoms with van der Waals surface area (Å²) in [5.41, 5.74) is 5.31. The van der Waals surface area contributed by atoms with E-state index < -0.39 is 10.0 Å². The van der Waals surface area contributed by atoms with E-state index in [1.54, 1.807) is 0 Å². The maximum atomic E-state index is 12.0. The molecule has 0 aliphatic carbocycles. The Morgan fingerprint density at radius 2 is 1.88 bits per heavy atom. The van der Waals surface area contributed by atoms with Gasteiger partial charge in [0.05, 0.1) is 12.4 Å². The molecule has 6 nitrogen and oxygen atoms in total. The molecule has 0 aliphatic heterocycles. The number of hydrogen-bond acceptors (Lipinski definition) is 5. The van der Waals surface area contributed by atoms with Crippen LogP contribution in [0.15, 0.2) is 17.3 Å². The molecule has 96 valence electrons. The average Bonchev–Trinajstić information content (AvgIpc) is 2.26. The van der Waals surface area contributed by atoms with Crippen LogP contribution in [0.4, 0.5) is 5.95 Å². The Balaban J connectivity index is 2.92. The second kappa shape index (κ2) is 5.42. The quantitative estimate of drug-likeness (QED) is 0.813. The molecule has 1 aromatic rings. The Labute approximate surface area is 102 Å². The van der Waals surface area contributed by atoms with Gasteiger partial charge in [-0.25, -0.2) is 23.1 Å². The van der Waals surface area contributed by atoms with Gasteiger partial charge in [0.1, 0.15) is 4.90 Å². The number of nitrogen functional groups attached to an aromatic ring is 1. The molecule has 17 heavy (non-hydrogen) atoms. The molecule has 0 saturated carbocycles. The zero-order valence-corrected chi connectivity index (χ0v) is 11.0. The fraction of sp³-hybridized carbons (Fsp3) is 0.600. The Hall–Kier alpha value is -1.21. The minimum absolute atomic E-state index is 0.0331. The van der Waals surface area contributed by atoms with Gasteiger partial charge in [-0.1, -0.05) is 20.8 Å². The van der Waals surface area contributed by atoms with Crippen LogP contribution in [-0.2, 0) is 10.0 Å². The number of hydrogen-bond donors (Lipinski definition) is 2. The highest BCUT2D eigenvalue weighted by Crippen LogP contribution is 2.12. The van der Waals surface area contributed by atoms with Crippen LogP contribution in [0.25, 0.3) is 0 Å². The zero-order valence-electron chi connectivity index (χ0n) is 10.2. The number of sulfonamides is 1. The predicted molar refractivity (Wildman–Crippen MR) is 65.7 cm³/mol. The first kappa shape index (κ1) is 13.9. The lowest BCUT2D eigenvalue weighted by Crippen LogP contribution is -2.38. The molecule has 1 aromatic heterocycles. The van der Waals surface area contributed by atoms with Crippen molar-refractivity contribution in [3.05, 3.63) is 12.4 Å². The number of aromatic nitrogens is 2. The van der Waals surface area contributed by atoms with Gasteiger partial charge in [-0.2, -0.15) is 0 Å². The van der Waals surface area contributed by atoms with Gasteiger partial charge < -0.3 is 5.73 Å². The van der Waals surface area contributed by atoms with Crippen LogP contribution in [0.3, 0.4) is 0 Å². The molecular weight excluding hydrogens is 240 g/mol. The average molecular weight is 258 g/mol. The molecule has 7 heteroatoms. The fourth-order valence-corrected chi connectivity index (χ4v) is 2.78. The SMILES string of the molecule is CCC(NS(=O)(=O)c1cnc(N)nc1)C(C)C. The van der Waals surface area contributed by atoms with E-state index in [4.69, 9.17) is 5.73 Å². The first-order valence-electron chi connectivity index (χ1n) is 5.46. The molecule has 1 unspecified atom stereocenters. The third kappa shape index (κ3) is 3.64. The minimum Gasteiger partial charge on any atom is -0.368 e. The molecule has 1 heterocycles. The van der Waals surface area contributed by atoms with E-state index in [9.17, 15) is 8.42 Å². The van der Waals surface area contributed by atoms with Crippen molar-refractivity contribution in [2.75, 3.05) is 5.73 Å². The molecule has 1 atom stereocenters. The van der Waals surface area contributed by atoms with Gasteiger partial charge in [0.2, 0.25) is 16.0 Å². The Morgan fingerprint density at radius 1 is 1.35 bits per heavy atom. The standard InChI is InChI=1S/C10H18N4O2S/c1-4-9(7(2)3)14-17(15,16)8-5-12-10(11)13-6-8/h5-7,9,14H,4H2,1-3H3,(H2,11,12,13). The first-order chi connectivity index (χ1) is 7.86. The van der Waals surface area contributed by atoms with E-state index in [-0.39, 0.29) is 22.8 Å². The van der Waals surface area contributed by atoms with Crippen LogP contribution < -0.4 is 10.5 Å². The third-order valence-corrected chi connectivity index (χ3v) is 3.95. The van der Waals surface area contributed by atoms with Gasteiger partial charge in [-0.05, 0) is 12.3 Å². The lowest BCUT2D eigenvalue weighted by molar-refractivity contribution is 0.437. The van der Waals surface area contributed by atoms with Crippen LogP contribution in [0.2, 0.25) is 0 Å². The van der Waals surface area contributed by atoms with E-state index in [2.05, 4.69) is 14.7 Å². The summed E-state index contributed by atoms with van der Waals surface area (Å²) in [6.07, 6.45) is 3.14. The van der Waals surface area contributed by atoms with Crippen LogP contribution in [0.5, 0.6) is 0 Å².